The fourth-order valence-electron chi connectivity index (χ4n) is 1.82. The summed E-state index contributed by atoms with van der Waals surface area (Å²) in [5, 5.41) is 3.35. The Hall–Kier alpha value is -0.830. The summed E-state index contributed by atoms with van der Waals surface area (Å²) in [4.78, 5) is 4.48. The predicted octanol–water partition coefficient (Wildman–Crippen LogP) is 1.95. The molecule has 78 valence electrons. The van der Waals surface area contributed by atoms with Gasteiger partial charge >= 0.3 is 0 Å². The van der Waals surface area contributed by atoms with Crippen LogP contribution in [0.1, 0.15) is 37.8 Å². The van der Waals surface area contributed by atoms with Crippen LogP contribution in [0.25, 0.3) is 0 Å². The maximum atomic E-state index is 5.45. The Balaban J connectivity index is 1.95. The van der Waals surface area contributed by atoms with Crippen molar-refractivity contribution >= 4 is 0 Å². The van der Waals surface area contributed by atoms with Crippen molar-refractivity contribution in [3.8, 4) is 0 Å². The van der Waals surface area contributed by atoms with Gasteiger partial charge in [-0.1, -0.05) is 13.8 Å². The maximum Gasteiger partial charge on any atom is 0.194 e. The molecule has 1 unspecified atom stereocenters. The highest BCUT2D eigenvalue weighted by molar-refractivity contribution is 5.02. The van der Waals surface area contributed by atoms with Gasteiger partial charge in [-0.3, -0.25) is 0 Å². The quantitative estimate of drug-likeness (QED) is 0.799. The van der Waals surface area contributed by atoms with E-state index in [4.69, 9.17) is 4.42 Å². The van der Waals surface area contributed by atoms with Crippen LogP contribution in [0.2, 0.25) is 0 Å². The van der Waals surface area contributed by atoms with Gasteiger partial charge in [-0.05, 0) is 31.3 Å². The zero-order valence-corrected chi connectivity index (χ0v) is 8.92. The van der Waals surface area contributed by atoms with Crippen LogP contribution in [-0.4, -0.2) is 18.1 Å². The molecule has 0 radical (unpaired) electrons. The summed E-state index contributed by atoms with van der Waals surface area (Å²) in [5.41, 5.74) is 1.07. The van der Waals surface area contributed by atoms with Gasteiger partial charge in [0.1, 0.15) is 6.26 Å². The molecule has 2 rings (SSSR count). The molecule has 3 heteroatoms. The Morgan fingerprint density at radius 3 is 3.07 bits per heavy atom. The molecule has 1 aromatic rings. The van der Waals surface area contributed by atoms with Crippen LogP contribution in [0.15, 0.2) is 10.7 Å². The lowest BCUT2D eigenvalue weighted by Crippen LogP contribution is -2.10. The highest BCUT2D eigenvalue weighted by Gasteiger charge is 2.17. The summed E-state index contributed by atoms with van der Waals surface area (Å²) in [6.45, 7) is 6.53. The van der Waals surface area contributed by atoms with Gasteiger partial charge in [0.15, 0.2) is 5.89 Å². The van der Waals surface area contributed by atoms with Gasteiger partial charge in [-0.2, -0.15) is 0 Å². The molecule has 2 heterocycles. The van der Waals surface area contributed by atoms with Crippen LogP contribution in [0.4, 0.5) is 0 Å². The second kappa shape index (κ2) is 4.13. The molecule has 0 bridgehead atoms. The second-order valence-corrected chi connectivity index (χ2v) is 4.38. The van der Waals surface area contributed by atoms with Crippen LogP contribution >= 0.6 is 0 Å². The van der Waals surface area contributed by atoms with E-state index < -0.39 is 0 Å². The number of aromatic nitrogens is 1. The normalized spacial score (nSPS) is 22.1. The van der Waals surface area contributed by atoms with E-state index in [0.717, 1.165) is 31.1 Å². The van der Waals surface area contributed by atoms with Gasteiger partial charge in [-0.15, -0.1) is 0 Å². The third-order valence-electron chi connectivity index (χ3n) is 2.79. The third-order valence-corrected chi connectivity index (χ3v) is 2.79. The largest absolute Gasteiger partial charge is 0.449 e. The number of rotatable bonds is 3. The van der Waals surface area contributed by atoms with E-state index in [1.54, 1.807) is 6.26 Å². The Kier molecular flexibility index (Phi) is 2.87. The molecular weight excluding hydrogens is 176 g/mol. The first-order chi connectivity index (χ1) is 6.75. The number of hydrogen-bond acceptors (Lipinski definition) is 3. The first-order valence-corrected chi connectivity index (χ1v) is 5.40. The van der Waals surface area contributed by atoms with Crippen molar-refractivity contribution in [1.29, 1.82) is 0 Å². The second-order valence-electron chi connectivity index (χ2n) is 4.38. The van der Waals surface area contributed by atoms with Crippen molar-refractivity contribution in [2.45, 2.75) is 32.6 Å². The molecule has 0 amide bonds. The van der Waals surface area contributed by atoms with Crippen molar-refractivity contribution in [2.75, 3.05) is 13.1 Å². The van der Waals surface area contributed by atoms with Crippen molar-refractivity contribution in [3.05, 3.63) is 17.8 Å². The first-order valence-electron chi connectivity index (χ1n) is 5.40. The molecule has 1 aliphatic rings. The molecule has 0 aliphatic carbocycles. The summed E-state index contributed by atoms with van der Waals surface area (Å²) < 4.78 is 5.45. The minimum Gasteiger partial charge on any atom is -0.449 e. The fraction of sp³-hybridized carbons (Fsp3) is 0.727. The van der Waals surface area contributed by atoms with Crippen molar-refractivity contribution in [1.82, 2.24) is 10.3 Å². The molecule has 0 aromatic carbocycles. The Morgan fingerprint density at radius 2 is 2.50 bits per heavy atom. The van der Waals surface area contributed by atoms with Crippen molar-refractivity contribution < 1.29 is 4.42 Å². The Morgan fingerprint density at radius 1 is 1.64 bits per heavy atom. The molecule has 1 saturated heterocycles. The first kappa shape index (κ1) is 9.71. The average Bonchev–Trinajstić information content (AvgIpc) is 2.75. The highest BCUT2D eigenvalue weighted by Crippen LogP contribution is 2.18. The molecule has 1 N–H and O–H groups in total. The van der Waals surface area contributed by atoms with Crippen LogP contribution < -0.4 is 5.32 Å². The topological polar surface area (TPSA) is 38.1 Å². The minimum atomic E-state index is 0.467. The van der Waals surface area contributed by atoms with Gasteiger partial charge in [0.25, 0.3) is 0 Å². The molecule has 1 fully saturated rings. The molecule has 1 atom stereocenters. The van der Waals surface area contributed by atoms with E-state index in [0.29, 0.717) is 11.8 Å². The van der Waals surface area contributed by atoms with Crippen LogP contribution in [-0.2, 0) is 6.42 Å². The lowest BCUT2D eigenvalue weighted by molar-refractivity contribution is 0.442. The molecule has 0 spiro atoms. The standard InChI is InChI=1S/C11H18N2O/c1-8(2)10-7-14-11(13-10)5-9-3-4-12-6-9/h7-9,12H,3-6H2,1-2H3. The molecular formula is C11H18N2O. The van der Waals surface area contributed by atoms with Gasteiger partial charge in [0, 0.05) is 6.42 Å². The van der Waals surface area contributed by atoms with Gasteiger partial charge in [0.2, 0.25) is 0 Å². The Labute approximate surface area is 84.9 Å². The van der Waals surface area contributed by atoms with Gasteiger partial charge < -0.3 is 9.73 Å². The van der Waals surface area contributed by atoms with Gasteiger partial charge in [0.05, 0.1) is 5.69 Å². The summed E-state index contributed by atoms with van der Waals surface area (Å²) >= 11 is 0. The lowest BCUT2D eigenvalue weighted by atomic mass is 10.1. The van der Waals surface area contributed by atoms with E-state index in [1.165, 1.54) is 6.42 Å². The van der Waals surface area contributed by atoms with Crippen molar-refractivity contribution in [3.63, 3.8) is 0 Å². The molecule has 1 aromatic heterocycles. The third kappa shape index (κ3) is 2.15. The van der Waals surface area contributed by atoms with Gasteiger partial charge in [-0.25, -0.2) is 4.98 Å². The number of hydrogen-bond donors (Lipinski definition) is 1. The summed E-state index contributed by atoms with van der Waals surface area (Å²) in [6, 6.07) is 0. The molecule has 1 aliphatic heterocycles. The number of nitrogens with one attached hydrogen (secondary N) is 1. The van der Waals surface area contributed by atoms with Crippen LogP contribution in [0.5, 0.6) is 0 Å². The molecule has 3 nitrogen and oxygen atoms in total. The predicted molar refractivity (Wildman–Crippen MR) is 55.3 cm³/mol. The minimum absolute atomic E-state index is 0.467. The van der Waals surface area contributed by atoms with Crippen LogP contribution in [0, 0.1) is 5.92 Å². The monoisotopic (exact) mass is 194 g/mol. The van der Waals surface area contributed by atoms with Crippen LogP contribution in [0.3, 0.4) is 0 Å². The summed E-state index contributed by atoms with van der Waals surface area (Å²) in [7, 11) is 0. The zero-order chi connectivity index (χ0) is 9.97. The summed E-state index contributed by atoms with van der Waals surface area (Å²) in [6.07, 6.45) is 4.03. The smallest absolute Gasteiger partial charge is 0.194 e. The molecule has 0 saturated carbocycles. The zero-order valence-electron chi connectivity index (χ0n) is 8.92. The SMILES string of the molecule is CC(C)c1coc(CC2CCNC2)n1. The highest BCUT2D eigenvalue weighted by atomic mass is 16.3. The van der Waals surface area contributed by atoms with Crippen molar-refractivity contribution in [2.24, 2.45) is 5.92 Å². The number of nitrogens with zero attached hydrogens (tertiary/aromatic N) is 1. The summed E-state index contributed by atoms with van der Waals surface area (Å²) in [5.74, 6) is 2.09. The fourth-order valence-corrected chi connectivity index (χ4v) is 1.82. The van der Waals surface area contributed by atoms with E-state index in [1.807, 2.05) is 0 Å². The van der Waals surface area contributed by atoms with E-state index >= 15 is 0 Å². The lowest BCUT2D eigenvalue weighted by Gasteiger charge is -2.03. The van der Waals surface area contributed by atoms with E-state index in [-0.39, 0.29) is 0 Å². The molecule has 14 heavy (non-hydrogen) atoms. The number of oxazole rings is 1. The average molecular weight is 194 g/mol. The Bertz CT molecular complexity index is 287. The maximum absolute atomic E-state index is 5.45. The van der Waals surface area contributed by atoms with E-state index in [2.05, 4.69) is 24.1 Å². The van der Waals surface area contributed by atoms with E-state index in [9.17, 15) is 0 Å².